The zero-order valence-corrected chi connectivity index (χ0v) is 28.4. The van der Waals surface area contributed by atoms with Gasteiger partial charge >= 0.3 is 12.3 Å². The van der Waals surface area contributed by atoms with Gasteiger partial charge in [-0.3, -0.25) is 8.97 Å². The summed E-state index contributed by atoms with van der Waals surface area (Å²) in [6, 6.07) is 3.82. The van der Waals surface area contributed by atoms with E-state index in [0.29, 0.717) is 26.0 Å². The molecule has 2 rings (SSSR count). The van der Waals surface area contributed by atoms with Crippen LogP contribution in [-0.4, -0.2) is 75.0 Å². The lowest BCUT2D eigenvalue weighted by Crippen LogP contribution is -2.46. The molecule has 1 aromatic carbocycles. The Bertz CT molecular complexity index is 1060. The van der Waals surface area contributed by atoms with Gasteiger partial charge in [0.05, 0.1) is 40.3 Å². The summed E-state index contributed by atoms with van der Waals surface area (Å²) < 4.78 is 24.4. The van der Waals surface area contributed by atoms with Crippen LogP contribution in [0, 0.1) is 5.92 Å². The zero-order chi connectivity index (χ0) is 32.2. The summed E-state index contributed by atoms with van der Waals surface area (Å²) in [5.41, 5.74) is 3.83. The fraction of sp³-hybridized carbons (Fsp3) is 0.657. The zero-order valence-electron chi connectivity index (χ0n) is 28.4. The van der Waals surface area contributed by atoms with E-state index in [4.69, 9.17) is 18.9 Å². The highest BCUT2D eigenvalue weighted by Crippen LogP contribution is 2.47. The molecular weight excluding hydrogens is 544 g/mol. The molecule has 8 nitrogen and oxygen atoms in total. The summed E-state index contributed by atoms with van der Waals surface area (Å²) in [7, 11) is 4.08. The Morgan fingerprint density at radius 2 is 1.35 bits per heavy atom. The molecule has 0 N–H and O–H groups in total. The van der Waals surface area contributed by atoms with Crippen LogP contribution in [-0.2, 0) is 15.9 Å². The van der Waals surface area contributed by atoms with Crippen LogP contribution in [0.3, 0.4) is 0 Å². The third-order valence-electron chi connectivity index (χ3n) is 9.37. The maximum Gasteiger partial charge on any atom is 0.518 e. The molecule has 0 fully saturated rings. The van der Waals surface area contributed by atoms with E-state index in [2.05, 4.69) is 54.2 Å². The standard InChI is InChI=1S/C35H58N2O6/c1-11-16-17-18-28-22-31(42-34(38)40-24-36(9,12-2)13-3)33(30-21-27(8)19-20-29(30)26(6)7)32(23-28)43-35(39)41-25-37(10,14-4)15-5/h21-23,29-30H,6,11-20,24-25H2,1-5,7-10H3/q+2. The summed E-state index contributed by atoms with van der Waals surface area (Å²) >= 11 is 0. The first kappa shape index (κ1) is 36.4. The lowest BCUT2D eigenvalue weighted by Gasteiger charge is -2.33. The minimum Gasteiger partial charge on any atom is -0.394 e. The lowest BCUT2D eigenvalue weighted by molar-refractivity contribution is -0.922. The first-order valence-electron chi connectivity index (χ1n) is 16.2. The molecule has 0 amide bonds. The monoisotopic (exact) mass is 602 g/mol. The summed E-state index contributed by atoms with van der Waals surface area (Å²) in [5, 5.41) is 0. The number of rotatable bonds is 16. The molecule has 0 saturated heterocycles. The fourth-order valence-electron chi connectivity index (χ4n) is 5.25. The second kappa shape index (κ2) is 16.9. The topological polar surface area (TPSA) is 71.1 Å². The van der Waals surface area contributed by atoms with Gasteiger partial charge in [-0.25, -0.2) is 9.59 Å². The predicted molar refractivity (Wildman–Crippen MR) is 172 cm³/mol. The quantitative estimate of drug-likeness (QED) is 0.0473. The molecule has 0 spiro atoms. The van der Waals surface area contributed by atoms with E-state index in [1.807, 2.05) is 33.2 Å². The van der Waals surface area contributed by atoms with Crippen molar-refractivity contribution in [2.24, 2.45) is 5.92 Å². The molecule has 1 aromatic rings. The van der Waals surface area contributed by atoms with E-state index in [1.165, 1.54) is 5.57 Å². The third-order valence-corrected chi connectivity index (χ3v) is 9.37. The summed E-state index contributed by atoms with van der Waals surface area (Å²) in [6.45, 7) is 22.5. The number of hydrogen-bond acceptors (Lipinski definition) is 6. The molecule has 1 aliphatic rings. The Kier molecular flexibility index (Phi) is 14.3. The molecule has 43 heavy (non-hydrogen) atoms. The molecule has 0 saturated carbocycles. The van der Waals surface area contributed by atoms with Gasteiger partial charge in [-0.05, 0) is 90.8 Å². The fourth-order valence-corrected chi connectivity index (χ4v) is 5.25. The van der Waals surface area contributed by atoms with E-state index >= 15 is 0 Å². The molecule has 0 aliphatic heterocycles. The van der Waals surface area contributed by atoms with Crippen LogP contribution in [0.25, 0.3) is 0 Å². The Morgan fingerprint density at radius 3 is 1.77 bits per heavy atom. The van der Waals surface area contributed by atoms with Crippen LogP contribution in [0.4, 0.5) is 9.59 Å². The Balaban J connectivity index is 2.61. The van der Waals surface area contributed by atoms with Crippen molar-refractivity contribution in [1.82, 2.24) is 0 Å². The number of carbonyl (C=O) groups is 2. The van der Waals surface area contributed by atoms with Gasteiger partial charge in [0.2, 0.25) is 13.5 Å². The van der Waals surface area contributed by atoms with Crippen LogP contribution in [0.2, 0.25) is 0 Å². The first-order valence-corrected chi connectivity index (χ1v) is 16.2. The molecule has 8 heteroatoms. The third kappa shape index (κ3) is 10.7. The van der Waals surface area contributed by atoms with Crippen molar-refractivity contribution in [2.75, 3.05) is 53.7 Å². The molecule has 1 aliphatic carbocycles. The maximum atomic E-state index is 13.2. The highest BCUT2D eigenvalue weighted by atomic mass is 16.7. The number of ether oxygens (including phenoxy) is 4. The summed E-state index contributed by atoms with van der Waals surface area (Å²) in [4.78, 5) is 26.3. The van der Waals surface area contributed by atoms with Crippen LogP contribution in [0.1, 0.15) is 97.6 Å². The summed E-state index contributed by atoms with van der Waals surface area (Å²) in [5.74, 6) is 0.607. The largest absolute Gasteiger partial charge is 0.518 e. The highest BCUT2D eigenvalue weighted by Gasteiger charge is 2.33. The minimum atomic E-state index is -0.769. The molecule has 2 unspecified atom stereocenters. The minimum absolute atomic E-state index is 0.0895. The highest BCUT2D eigenvalue weighted by molar-refractivity contribution is 5.69. The normalized spacial score (nSPS) is 17.2. The molecular formula is C35H58N2O6+2. The average molecular weight is 603 g/mol. The molecule has 0 heterocycles. The van der Waals surface area contributed by atoms with E-state index in [-0.39, 0.29) is 25.3 Å². The Morgan fingerprint density at radius 1 is 0.860 bits per heavy atom. The van der Waals surface area contributed by atoms with E-state index in [1.54, 1.807) is 0 Å². The summed E-state index contributed by atoms with van der Waals surface area (Å²) in [6.07, 6.45) is 6.37. The maximum absolute atomic E-state index is 13.2. The predicted octanol–water partition coefficient (Wildman–Crippen LogP) is 8.35. The SMILES string of the molecule is C=C(C)C1CCC(C)=CC1c1c(OC(=O)OC[N+](C)(CC)CC)cc(CCCCC)cc1OC(=O)OC[N+](C)(CC)CC. The number of carbonyl (C=O) groups excluding carboxylic acids is 2. The van der Waals surface area contributed by atoms with Crippen LogP contribution < -0.4 is 9.47 Å². The molecule has 242 valence electrons. The van der Waals surface area contributed by atoms with Crippen LogP contribution in [0.5, 0.6) is 11.5 Å². The lowest BCUT2D eigenvalue weighted by atomic mass is 9.73. The number of allylic oxidation sites excluding steroid dienone is 3. The Hall–Kier alpha value is -2.84. The van der Waals surface area contributed by atoms with Gasteiger partial charge in [-0.1, -0.05) is 43.6 Å². The number of unbranched alkanes of at least 4 members (excludes halogenated alkanes) is 2. The van der Waals surface area contributed by atoms with Crippen molar-refractivity contribution in [3.8, 4) is 11.5 Å². The number of aryl methyl sites for hydroxylation is 1. The van der Waals surface area contributed by atoms with E-state index < -0.39 is 12.3 Å². The van der Waals surface area contributed by atoms with Gasteiger partial charge in [0.1, 0.15) is 11.5 Å². The van der Waals surface area contributed by atoms with E-state index in [0.717, 1.165) is 75.8 Å². The second-order valence-electron chi connectivity index (χ2n) is 12.7. The van der Waals surface area contributed by atoms with Gasteiger partial charge in [-0.2, -0.15) is 0 Å². The van der Waals surface area contributed by atoms with Gasteiger partial charge in [0.15, 0.2) is 0 Å². The van der Waals surface area contributed by atoms with Gasteiger partial charge < -0.3 is 18.9 Å². The molecule has 0 aromatic heterocycles. The number of benzene rings is 1. The Labute approximate surface area is 260 Å². The van der Waals surface area contributed by atoms with Crippen molar-refractivity contribution in [3.63, 3.8) is 0 Å². The number of quaternary nitrogens is 2. The van der Waals surface area contributed by atoms with Crippen LogP contribution in [0.15, 0.2) is 35.9 Å². The van der Waals surface area contributed by atoms with Crippen molar-refractivity contribution in [2.45, 2.75) is 92.9 Å². The van der Waals surface area contributed by atoms with Gasteiger partial charge in [0, 0.05) is 11.5 Å². The second-order valence-corrected chi connectivity index (χ2v) is 12.7. The van der Waals surface area contributed by atoms with E-state index in [9.17, 15) is 9.59 Å². The van der Waals surface area contributed by atoms with Gasteiger partial charge in [-0.15, -0.1) is 0 Å². The van der Waals surface area contributed by atoms with Gasteiger partial charge in [0.25, 0.3) is 0 Å². The first-order chi connectivity index (χ1) is 20.3. The molecule has 0 radical (unpaired) electrons. The van der Waals surface area contributed by atoms with Crippen molar-refractivity contribution < 1.29 is 37.5 Å². The molecule has 2 atom stereocenters. The van der Waals surface area contributed by atoms with Crippen molar-refractivity contribution in [1.29, 1.82) is 0 Å². The van der Waals surface area contributed by atoms with Crippen LogP contribution >= 0.6 is 0 Å². The number of nitrogens with zero attached hydrogens (tertiary/aromatic N) is 2. The number of hydrogen-bond donors (Lipinski definition) is 0. The van der Waals surface area contributed by atoms with Crippen molar-refractivity contribution in [3.05, 3.63) is 47.1 Å². The molecule has 0 bridgehead atoms. The average Bonchev–Trinajstić information content (AvgIpc) is 2.98. The smallest absolute Gasteiger partial charge is 0.394 e. The van der Waals surface area contributed by atoms with Crippen molar-refractivity contribution >= 4 is 12.3 Å².